The van der Waals surface area contributed by atoms with E-state index in [0.29, 0.717) is 22.0 Å². The first-order valence-corrected chi connectivity index (χ1v) is 7.66. The van der Waals surface area contributed by atoms with Gasteiger partial charge in [0.2, 0.25) is 5.91 Å². The van der Waals surface area contributed by atoms with E-state index in [1.807, 2.05) is 0 Å². The molecule has 0 saturated heterocycles. The number of hydrogen-bond acceptors (Lipinski definition) is 2. The van der Waals surface area contributed by atoms with Gasteiger partial charge in [0, 0.05) is 12.1 Å². The van der Waals surface area contributed by atoms with Crippen molar-refractivity contribution in [2.75, 3.05) is 5.32 Å². The average molecular weight is 295 g/mol. The average Bonchev–Trinajstić information content (AvgIpc) is 2.40. The van der Waals surface area contributed by atoms with Crippen molar-refractivity contribution in [1.29, 1.82) is 0 Å². The van der Waals surface area contributed by atoms with Crippen LogP contribution in [-0.2, 0) is 4.79 Å². The molecule has 0 aliphatic heterocycles. The number of nitrogens with zero attached hydrogens (tertiary/aromatic N) is 1. The summed E-state index contributed by atoms with van der Waals surface area (Å²) in [6, 6.07) is 1.69. The van der Waals surface area contributed by atoms with Crippen LogP contribution in [0.5, 0.6) is 0 Å². The predicted octanol–water partition coefficient (Wildman–Crippen LogP) is 4.53. The third-order valence-electron chi connectivity index (χ3n) is 4.35. The van der Waals surface area contributed by atoms with E-state index in [0.717, 1.165) is 25.7 Å². The van der Waals surface area contributed by atoms with E-state index < -0.39 is 0 Å². The van der Waals surface area contributed by atoms with Crippen molar-refractivity contribution in [3.8, 4) is 0 Å². The van der Waals surface area contributed by atoms with Crippen LogP contribution in [-0.4, -0.2) is 10.9 Å². The summed E-state index contributed by atoms with van der Waals surface area (Å²) in [6.07, 6.45) is 7.40. The molecule has 1 heterocycles. The zero-order chi connectivity index (χ0) is 14.8. The maximum absolute atomic E-state index is 12.3. The Kier molecular flexibility index (Phi) is 4.69. The summed E-state index contributed by atoms with van der Waals surface area (Å²) in [5, 5.41) is 3.44. The number of rotatable bonds is 2. The molecule has 110 valence electrons. The highest BCUT2D eigenvalue weighted by Crippen LogP contribution is 2.40. The van der Waals surface area contributed by atoms with Gasteiger partial charge in [-0.2, -0.15) is 0 Å². The Bertz CT molecular complexity index is 474. The second-order valence-electron chi connectivity index (χ2n) is 6.76. The van der Waals surface area contributed by atoms with Gasteiger partial charge in [0.25, 0.3) is 0 Å². The fourth-order valence-electron chi connectivity index (χ4n) is 2.93. The monoisotopic (exact) mass is 294 g/mol. The molecule has 3 nitrogen and oxygen atoms in total. The molecule has 2 rings (SSSR count). The first-order chi connectivity index (χ1) is 9.38. The van der Waals surface area contributed by atoms with Crippen molar-refractivity contribution in [3.05, 3.63) is 23.5 Å². The lowest BCUT2D eigenvalue weighted by Crippen LogP contribution is -2.31. The summed E-state index contributed by atoms with van der Waals surface area (Å²) in [6.45, 7) is 6.86. The number of carbonyl (C=O) groups is 1. The number of aromatic nitrogens is 1. The molecule has 1 aromatic rings. The van der Waals surface area contributed by atoms with Crippen molar-refractivity contribution in [2.24, 2.45) is 17.3 Å². The summed E-state index contributed by atoms with van der Waals surface area (Å²) in [5.41, 5.74) is 0.950. The van der Waals surface area contributed by atoms with Crippen LogP contribution in [0.15, 0.2) is 18.5 Å². The topological polar surface area (TPSA) is 42.0 Å². The van der Waals surface area contributed by atoms with Crippen LogP contribution in [0.3, 0.4) is 0 Å². The molecule has 0 spiro atoms. The lowest BCUT2D eigenvalue weighted by molar-refractivity contribution is -0.121. The van der Waals surface area contributed by atoms with E-state index in [4.69, 9.17) is 11.6 Å². The van der Waals surface area contributed by atoms with Crippen LogP contribution in [0.2, 0.25) is 5.02 Å². The zero-order valence-electron chi connectivity index (χ0n) is 12.4. The Balaban J connectivity index is 1.91. The van der Waals surface area contributed by atoms with E-state index in [1.54, 1.807) is 18.5 Å². The first kappa shape index (κ1) is 15.3. The van der Waals surface area contributed by atoms with Crippen LogP contribution in [0.4, 0.5) is 5.69 Å². The van der Waals surface area contributed by atoms with Crippen LogP contribution in [0.25, 0.3) is 0 Å². The molecule has 1 N–H and O–H groups in total. The summed E-state index contributed by atoms with van der Waals surface area (Å²) in [4.78, 5) is 16.3. The van der Waals surface area contributed by atoms with E-state index in [2.05, 4.69) is 31.1 Å². The minimum Gasteiger partial charge on any atom is -0.323 e. The van der Waals surface area contributed by atoms with Gasteiger partial charge in [-0.25, -0.2) is 0 Å². The lowest BCUT2D eigenvalue weighted by Gasteiger charge is -2.36. The van der Waals surface area contributed by atoms with E-state index in [-0.39, 0.29) is 11.8 Å². The normalized spacial score (nSPS) is 23.4. The molecule has 0 radical (unpaired) electrons. The first-order valence-electron chi connectivity index (χ1n) is 7.28. The van der Waals surface area contributed by atoms with Crippen molar-refractivity contribution < 1.29 is 4.79 Å². The number of amides is 1. The molecule has 20 heavy (non-hydrogen) atoms. The number of nitrogens with one attached hydrogen (secondary N) is 1. The molecule has 1 saturated carbocycles. The quantitative estimate of drug-likeness (QED) is 0.871. The molecule has 1 fully saturated rings. The second kappa shape index (κ2) is 6.13. The molecular formula is C16H23ClN2O. The van der Waals surface area contributed by atoms with Gasteiger partial charge in [0.05, 0.1) is 16.9 Å². The number of hydrogen-bond donors (Lipinski definition) is 1. The standard InChI is InChI=1S/C16H23ClN2O/c1-16(2,3)12-6-4-11(5-7-12)15(20)19-14-10-18-9-8-13(14)17/h8-12H,4-7H2,1-3H3,(H,19,20). The van der Waals surface area contributed by atoms with Gasteiger partial charge in [-0.3, -0.25) is 9.78 Å². The summed E-state index contributed by atoms with van der Waals surface area (Å²) in [5.74, 6) is 0.894. The van der Waals surface area contributed by atoms with Gasteiger partial charge in [0.1, 0.15) is 0 Å². The highest BCUT2D eigenvalue weighted by atomic mass is 35.5. The molecule has 0 aromatic carbocycles. The summed E-state index contributed by atoms with van der Waals surface area (Å²) >= 11 is 6.04. The van der Waals surface area contributed by atoms with E-state index in [1.165, 1.54) is 0 Å². The van der Waals surface area contributed by atoms with Crippen LogP contribution >= 0.6 is 11.6 Å². The van der Waals surface area contributed by atoms with E-state index in [9.17, 15) is 4.79 Å². The minimum absolute atomic E-state index is 0.0762. The fourth-order valence-corrected chi connectivity index (χ4v) is 3.08. The zero-order valence-corrected chi connectivity index (χ0v) is 13.2. The van der Waals surface area contributed by atoms with Crippen LogP contribution in [0.1, 0.15) is 46.5 Å². The Morgan fingerprint density at radius 2 is 1.95 bits per heavy atom. The van der Waals surface area contributed by atoms with Gasteiger partial charge in [0.15, 0.2) is 0 Å². The van der Waals surface area contributed by atoms with E-state index >= 15 is 0 Å². The van der Waals surface area contributed by atoms with Gasteiger partial charge in [-0.15, -0.1) is 0 Å². The lowest BCUT2D eigenvalue weighted by atomic mass is 9.69. The number of pyridine rings is 1. The Hall–Kier alpha value is -1.09. The molecule has 1 amide bonds. The highest BCUT2D eigenvalue weighted by Gasteiger charge is 2.32. The highest BCUT2D eigenvalue weighted by molar-refractivity contribution is 6.33. The Morgan fingerprint density at radius 3 is 2.50 bits per heavy atom. The number of halogens is 1. The summed E-state index contributed by atoms with van der Waals surface area (Å²) < 4.78 is 0. The molecule has 0 bridgehead atoms. The largest absolute Gasteiger partial charge is 0.323 e. The van der Waals surface area contributed by atoms with Gasteiger partial charge in [-0.05, 0) is 43.1 Å². The molecule has 1 aliphatic rings. The van der Waals surface area contributed by atoms with Crippen molar-refractivity contribution in [2.45, 2.75) is 46.5 Å². The number of carbonyl (C=O) groups excluding carboxylic acids is 1. The number of anilines is 1. The summed E-state index contributed by atoms with van der Waals surface area (Å²) in [7, 11) is 0. The predicted molar refractivity (Wildman–Crippen MR) is 82.8 cm³/mol. The maximum Gasteiger partial charge on any atom is 0.227 e. The van der Waals surface area contributed by atoms with Gasteiger partial charge in [-0.1, -0.05) is 32.4 Å². The van der Waals surface area contributed by atoms with Crippen LogP contribution < -0.4 is 5.32 Å². The third kappa shape index (κ3) is 3.72. The third-order valence-corrected chi connectivity index (χ3v) is 4.68. The molecule has 0 atom stereocenters. The van der Waals surface area contributed by atoms with Gasteiger partial charge < -0.3 is 5.32 Å². The molecular weight excluding hydrogens is 272 g/mol. The SMILES string of the molecule is CC(C)(C)C1CCC(C(=O)Nc2cnccc2Cl)CC1. The minimum atomic E-state index is 0.0762. The second-order valence-corrected chi connectivity index (χ2v) is 7.17. The van der Waals surface area contributed by atoms with Crippen LogP contribution in [0, 0.1) is 17.3 Å². The Morgan fingerprint density at radius 1 is 1.30 bits per heavy atom. The van der Waals surface area contributed by atoms with Crippen molar-refractivity contribution in [1.82, 2.24) is 4.98 Å². The fraction of sp³-hybridized carbons (Fsp3) is 0.625. The maximum atomic E-state index is 12.3. The van der Waals surface area contributed by atoms with Gasteiger partial charge >= 0.3 is 0 Å². The smallest absolute Gasteiger partial charge is 0.227 e. The molecule has 4 heteroatoms. The molecule has 1 aliphatic carbocycles. The van der Waals surface area contributed by atoms with Crippen molar-refractivity contribution >= 4 is 23.2 Å². The van der Waals surface area contributed by atoms with Crippen molar-refractivity contribution in [3.63, 3.8) is 0 Å². The molecule has 0 unspecified atom stereocenters. The molecule has 1 aromatic heterocycles. The Labute approximate surface area is 126 Å².